The maximum absolute atomic E-state index is 11.0. The van der Waals surface area contributed by atoms with Crippen LogP contribution in [0.3, 0.4) is 0 Å². The van der Waals surface area contributed by atoms with E-state index >= 15 is 0 Å². The summed E-state index contributed by atoms with van der Waals surface area (Å²) < 4.78 is 0. The Morgan fingerprint density at radius 3 is 3.00 bits per heavy atom. The highest BCUT2D eigenvalue weighted by molar-refractivity contribution is 5.81. The van der Waals surface area contributed by atoms with Crippen molar-refractivity contribution in [3.8, 4) is 0 Å². The SMILES string of the molecule is CNC(Cc1nc[nH]n1)C(C)=O. The standard InChI is InChI=1S/C7H12N4O/c1-5(12)6(8-2)3-7-9-4-10-11-7/h4,6,8H,3H2,1-2H3,(H,9,10,11). The number of aromatic nitrogens is 3. The zero-order valence-electron chi connectivity index (χ0n) is 7.16. The topological polar surface area (TPSA) is 70.7 Å². The number of nitrogens with one attached hydrogen (secondary N) is 2. The molecule has 0 spiro atoms. The number of likely N-dealkylation sites (N-methyl/N-ethyl adjacent to an activating group) is 1. The van der Waals surface area contributed by atoms with Crippen LogP contribution < -0.4 is 5.32 Å². The van der Waals surface area contributed by atoms with Crippen LogP contribution in [0.25, 0.3) is 0 Å². The fourth-order valence-corrected chi connectivity index (χ4v) is 0.966. The first kappa shape index (κ1) is 8.86. The molecular weight excluding hydrogens is 156 g/mol. The largest absolute Gasteiger partial charge is 0.310 e. The number of aromatic amines is 1. The molecule has 12 heavy (non-hydrogen) atoms. The summed E-state index contributed by atoms with van der Waals surface area (Å²) in [4.78, 5) is 14.9. The van der Waals surface area contributed by atoms with Gasteiger partial charge in [-0.25, -0.2) is 4.98 Å². The van der Waals surface area contributed by atoms with Crippen molar-refractivity contribution in [3.05, 3.63) is 12.2 Å². The summed E-state index contributed by atoms with van der Waals surface area (Å²) >= 11 is 0. The maximum atomic E-state index is 11.0. The monoisotopic (exact) mass is 168 g/mol. The van der Waals surface area contributed by atoms with Crippen LogP contribution in [0.2, 0.25) is 0 Å². The van der Waals surface area contributed by atoms with Crippen LogP contribution in [-0.4, -0.2) is 34.1 Å². The molecule has 1 rings (SSSR count). The second kappa shape index (κ2) is 3.96. The quantitative estimate of drug-likeness (QED) is 0.637. The van der Waals surface area contributed by atoms with Crippen LogP contribution in [0.5, 0.6) is 0 Å². The van der Waals surface area contributed by atoms with Gasteiger partial charge < -0.3 is 5.32 Å². The Hall–Kier alpha value is -1.23. The van der Waals surface area contributed by atoms with Gasteiger partial charge in [0.2, 0.25) is 0 Å². The van der Waals surface area contributed by atoms with Gasteiger partial charge in [0.05, 0.1) is 6.04 Å². The van der Waals surface area contributed by atoms with Crippen LogP contribution in [0.1, 0.15) is 12.7 Å². The number of H-pyrrole nitrogens is 1. The Morgan fingerprint density at radius 1 is 1.83 bits per heavy atom. The lowest BCUT2D eigenvalue weighted by molar-refractivity contribution is -0.118. The molecule has 2 N–H and O–H groups in total. The third-order valence-electron chi connectivity index (χ3n) is 1.69. The zero-order valence-corrected chi connectivity index (χ0v) is 7.16. The summed E-state index contributed by atoms with van der Waals surface area (Å²) in [6.45, 7) is 1.55. The average Bonchev–Trinajstić information content (AvgIpc) is 2.51. The lowest BCUT2D eigenvalue weighted by atomic mass is 10.1. The molecular formula is C7H12N4O. The number of carbonyl (C=O) groups is 1. The van der Waals surface area contributed by atoms with Gasteiger partial charge >= 0.3 is 0 Å². The van der Waals surface area contributed by atoms with Crippen LogP contribution >= 0.6 is 0 Å². The van der Waals surface area contributed by atoms with Crippen LogP contribution in [-0.2, 0) is 11.2 Å². The third kappa shape index (κ3) is 2.13. The van der Waals surface area contributed by atoms with Gasteiger partial charge in [0.25, 0.3) is 0 Å². The van der Waals surface area contributed by atoms with Gasteiger partial charge in [-0.1, -0.05) is 0 Å². The number of hydrogen-bond acceptors (Lipinski definition) is 4. The van der Waals surface area contributed by atoms with E-state index < -0.39 is 0 Å². The predicted octanol–water partition coefficient (Wildman–Crippen LogP) is -0.476. The molecule has 0 bridgehead atoms. The van der Waals surface area contributed by atoms with Crippen molar-refractivity contribution in [3.63, 3.8) is 0 Å². The molecule has 1 heterocycles. The fourth-order valence-electron chi connectivity index (χ4n) is 0.966. The van der Waals surface area contributed by atoms with Crippen LogP contribution in [0.4, 0.5) is 0 Å². The summed E-state index contributed by atoms with van der Waals surface area (Å²) in [6.07, 6.45) is 2.04. The number of hydrogen-bond donors (Lipinski definition) is 2. The van der Waals surface area contributed by atoms with E-state index in [2.05, 4.69) is 20.5 Å². The Labute approximate surface area is 70.6 Å². The van der Waals surface area contributed by atoms with Gasteiger partial charge in [-0.3, -0.25) is 9.89 Å². The first-order valence-corrected chi connectivity index (χ1v) is 3.76. The molecule has 0 amide bonds. The highest BCUT2D eigenvalue weighted by Crippen LogP contribution is 1.95. The van der Waals surface area contributed by atoms with Crippen LogP contribution in [0, 0.1) is 0 Å². The van der Waals surface area contributed by atoms with Gasteiger partial charge in [-0.2, -0.15) is 5.10 Å². The third-order valence-corrected chi connectivity index (χ3v) is 1.69. The molecule has 1 atom stereocenters. The fraction of sp³-hybridized carbons (Fsp3) is 0.571. The lowest BCUT2D eigenvalue weighted by Crippen LogP contribution is -2.34. The van der Waals surface area contributed by atoms with Crippen molar-refractivity contribution in [2.24, 2.45) is 0 Å². The number of Topliss-reactive ketones (excluding diaryl/α,β-unsaturated/α-hetero) is 1. The van der Waals surface area contributed by atoms with Crippen molar-refractivity contribution in [2.45, 2.75) is 19.4 Å². The van der Waals surface area contributed by atoms with E-state index in [4.69, 9.17) is 0 Å². The molecule has 5 nitrogen and oxygen atoms in total. The van der Waals surface area contributed by atoms with E-state index in [1.807, 2.05) is 0 Å². The van der Waals surface area contributed by atoms with Crippen LogP contribution in [0.15, 0.2) is 6.33 Å². The summed E-state index contributed by atoms with van der Waals surface area (Å²) in [6, 6.07) is -0.180. The predicted molar refractivity (Wildman–Crippen MR) is 43.6 cm³/mol. The minimum atomic E-state index is -0.180. The molecule has 0 fully saturated rings. The van der Waals surface area contributed by atoms with Gasteiger partial charge in [-0.15, -0.1) is 0 Å². The molecule has 1 aromatic rings. The normalized spacial score (nSPS) is 12.8. The van der Waals surface area contributed by atoms with Crippen molar-refractivity contribution in [1.82, 2.24) is 20.5 Å². The second-order valence-corrected chi connectivity index (χ2v) is 2.57. The van der Waals surface area contributed by atoms with E-state index in [1.165, 1.54) is 6.33 Å². The lowest BCUT2D eigenvalue weighted by Gasteiger charge is -2.08. The van der Waals surface area contributed by atoms with Crippen molar-refractivity contribution in [2.75, 3.05) is 7.05 Å². The molecule has 0 radical (unpaired) electrons. The van der Waals surface area contributed by atoms with E-state index in [0.717, 1.165) is 0 Å². The first-order valence-electron chi connectivity index (χ1n) is 3.76. The maximum Gasteiger partial charge on any atom is 0.152 e. The molecule has 66 valence electrons. The van der Waals surface area contributed by atoms with Crippen molar-refractivity contribution in [1.29, 1.82) is 0 Å². The average molecular weight is 168 g/mol. The Kier molecular flexibility index (Phi) is 2.93. The second-order valence-electron chi connectivity index (χ2n) is 2.57. The highest BCUT2D eigenvalue weighted by Gasteiger charge is 2.13. The molecule has 0 aromatic carbocycles. The summed E-state index contributed by atoms with van der Waals surface area (Å²) in [7, 11) is 1.75. The molecule has 0 aliphatic heterocycles. The van der Waals surface area contributed by atoms with Gasteiger partial charge in [0.15, 0.2) is 5.82 Å². The van der Waals surface area contributed by atoms with Crippen molar-refractivity contribution >= 4 is 5.78 Å². The molecule has 1 aromatic heterocycles. The molecule has 0 aliphatic rings. The van der Waals surface area contributed by atoms with E-state index in [9.17, 15) is 4.79 Å². The minimum Gasteiger partial charge on any atom is -0.310 e. The van der Waals surface area contributed by atoms with E-state index in [1.54, 1.807) is 14.0 Å². The van der Waals surface area contributed by atoms with E-state index in [0.29, 0.717) is 12.2 Å². The number of rotatable bonds is 4. The number of carbonyl (C=O) groups excluding carboxylic acids is 1. The summed E-state index contributed by atoms with van der Waals surface area (Å²) in [5.41, 5.74) is 0. The highest BCUT2D eigenvalue weighted by atomic mass is 16.1. The molecule has 5 heteroatoms. The minimum absolute atomic E-state index is 0.0994. The number of nitrogens with zero attached hydrogens (tertiary/aromatic N) is 2. The Morgan fingerprint density at radius 2 is 2.58 bits per heavy atom. The zero-order chi connectivity index (χ0) is 8.97. The van der Waals surface area contributed by atoms with Gasteiger partial charge in [0, 0.05) is 6.42 Å². The Balaban J connectivity index is 2.54. The summed E-state index contributed by atoms with van der Waals surface area (Å²) in [5.74, 6) is 0.756. The van der Waals surface area contributed by atoms with Gasteiger partial charge in [0.1, 0.15) is 12.1 Å². The van der Waals surface area contributed by atoms with Crippen molar-refractivity contribution < 1.29 is 4.79 Å². The Bertz CT molecular complexity index is 244. The molecule has 1 unspecified atom stereocenters. The molecule has 0 aliphatic carbocycles. The van der Waals surface area contributed by atoms with Gasteiger partial charge in [-0.05, 0) is 14.0 Å². The smallest absolute Gasteiger partial charge is 0.152 e. The summed E-state index contributed by atoms with van der Waals surface area (Å²) in [5, 5.41) is 9.35. The number of ketones is 1. The molecule has 0 saturated heterocycles. The molecule has 0 saturated carbocycles. The van der Waals surface area contributed by atoms with E-state index in [-0.39, 0.29) is 11.8 Å². The first-order chi connectivity index (χ1) is 5.74.